The zero-order valence-electron chi connectivity index (χ0n) is 14.2. The van der Waals surface area contributed by atoms with Crippen molar-refractivity contribution < 1.29 is 13.9 Å². The number of fused-ring (bicyclic) bond motifs is 1. The minimum atomic E-state index is -0.242. The van der Waals surface area contributed by atoms with Crippen LogP contribution in [0.1, 0.15) is 0 Å². The quantitative estimate of drug-likeness (QED) is 0.763. The van der Waals surface area contributed by atoms with Gasteiger partial charge in [0, 0.05) is 43.0 Å². The van der Waals surface area contributed by atoms with Gasteiger partial charge in [-0.25, -0.2) is 9.18 Å². The molecular weight excluding hydrogens is 357 g/mol. The number of nitrogens with zero attached hydrogens (tertiary/aromatic N) is 3. The van der Waals surface area contributed by atoms with Crippen LogP contribution in [0.15, 0.2) is 42.5 Å². The summed E-state index contributed by atoms with van der Waals surface area (Å²) < 4.78 is 18.7. The van der Waals surface area contributed by atoms with E-state index in [4.69, 9.17) is 16.3 Å². The number of urea groups is 1. The third-order valence-corrected chi connectivity index (χ3v) is 4.99. The highest BCUT2D eigenvalue weighted by molar-refractivity contribution is 6.30. The molecule has 2 aromatic carbocycles. The first-order valence-corrected chi connectivity index (χ1v) is 8.99. The Bertz CT molecular complexity index is 807. The summed E-state index contributed by atoms with van der Waals surface area (Å²) in [5.41, 5.74) is 1.73. The molecule has 2 aliphatic heterocycles. The van der Waals surface area contributed by atoms with Gasteiger partial charge in [0.2, 0.25) is 0 Å². The molecule has 0 N–H and O–H groups in total. The Morgan fingerprint density at radius 3 is 2.46 bits per heavy atom. The van der Waals surface area contributed by atoms with Gasteiger partial charge >= 0.3 is 6.03 Å². The molecule has 1 saturated heterocycles. The van der Waals surface area contributed by atoms with Crippen LogP contribution in [0.4, 0.5) is 20.6 Å². The predicted molar refractivity (Wildman–Crippen MR) is 99.9 cm³/mol. The van der Waals surface area contributed by atoms with Gasteiger partial charge in [-0.3, -0.25) is 4.90 Å². The lowest BCUT2D eigenvalue weighted by Crippen LogP contribution is -2.54. The number of hydrogen-bond donors (Lipinski definition) is 0. The number of piperazine rings is 1. The Hall–Kier alpha value is -2.47. The van der Waals surface area contributed by atoms with E-state index in [0.29, 0.717) is 37.0 Å². The van der Waals surface area contributed by atoms with Crippen LogP contribution in [0.25, 0.3) is 0 Å². The monoisotopic (exact) mass is 375 g/mol. The number of anilines is 2. The van der Waals surface area contributed by atoms with Crippen molar-refractivity contribution in [1.29, 1.82) is 0 Å². The lowest BCUT2D eigenvalue weighted by molar-refractivity contribution is 0.196. The van der Waals surface area contributed by atoms with Crippen LogP contribution in [0, 0.1) is 5.82 Å². The topological polar surface area (TPSA) is 36.0 Å². The molecule has 0 spiro atoms. The van der Waals surface area contributed by atoms with Crippen molar-refractivity contribution >= 4 is 29.0 Å². The number of ether oxygens (including phenoxy) is 1. The summed E-state index contributed by atoms with van der Waals surface area (Å²) in [4.78, 5) is 18.8. The van der Waals surface area contributed by atoms with E-state index in [9.17, 15) is 9.18 Å². The molecule has 5 nitrogen and oxygen atoms in total. The second-order valence-corrected chi connectivity index (χ2v) is 6.78. The molecule has 2 heterocycles. The van der Waals surface area contributed by atoms with E-state index in [1.165, 1.54) is 12.1 Å². The summed E-state index contributed by atoms with van der Waals surface area (Å²) in [5, 5.41) is 0.589. The zero-order chi connectivity index (χ0) is 18.1. The van der Waals surface area contributed by atoms with Crippen molar-refractivity contribution in [2.24, 2.45) is 0 Å². The van der Waals surface area contributed by atoms with Crippen LogP contribution in [0.3, 0.4) is 0 Å². The Morgan fingerprint density at radius 1 is 1.00 bits per heavy atom. The van der Waals surface area contributed by atoms with Crippen LogP contribution < -0.4 is 14.5 Å². The molecule has 0 radical (unpaired) electrons. The molecular formula is C19H19ClFN3O2. The fourth-order valence-electron chi connectivity index (χ4n) is 3.37. The largest absolute Gasteiger partial charge is 0.489 e. The highest BCUT2D eigenvalue weighted by Gasteiger charge is 2.30. The summed E-state index contributed by atoms with van der Waals surface area (Å²) in [7, 11) is 0. The van der Waals surface area contributed by atoms with E-state index in [2.05, 4.69) is 4.90 Å². The third-order valence-electron chi connectivity index (χ3n) is 4.76. The smallest absolute Gasteiger partial charge is 0.324 e. The van der Waals surface area contributed by atoms with E-state index >= 15 is 0 Å². The molecule has 7 heteroatoms. The average molecular weight is 376 g/mol. The van der Waals surface area contributed by atoms with Gasteiger partial charge in [-0.15, -0.1) is 0 Å². The number of rotatable bonds is 1. The summed E-state index contributed by atoms with van der Waals surface area (Å²) in [5.74, 6) is 0.399. The molecule has 0 bridgehead atoms. The summed E-state index contributed by atoms with van der Waals surface area (Å²) in [6.07, 6.45) is 0. The molecule has 2 aliphatic rings. The Balaban J connectivity index is 1.44. The van der Waals surface area contributed by atoms with Gasteiger partial charge in [-0.05, 0) is 36.4 Å². The van der Waals surface area contributed by atoms with E-state index in [1.807, 2.05) is 11.0 Å². The fraction of sp³-hybridized carbons (Fsp3) is 0.316. The Labute approximate surface area is 156 Å². The van der Waals surface area contributed by atoms with Crippen LogP contribution >= 0.6 is 11.6 Å². The van der Waals surface area contributed by atoms with Crippen molar-refractivity contribution in [2.75, 3.05) is 49.1 Å². The van der Waals surface area contributed by atoms with E-state index in [1.54, 1.807) is 29.2 Å². The number of carbonyl (C=O) groups excluding carboxylic acids is 1. The fourth-order valence-corrected chi connectivity index (χ4v) is 3.53. The van der Waals surface area contributed by atoms with Crippen molar-refractivity contribution in [3.63, 3.8) is 0 Å². The third kappa shape index (κ3) is 3.29. The van der Waals surface area contributed by atoms with Gasteiger partial charge in [-0.1, -0.05) is 11.6 Å². The molecule has 1 fully saturated rings. The molecule has 136 valence electrons. The van der Waals surface area contributed by atoms with Gasteiger partial charge in [0.15, 0.2) is 0 Å². The summed E-state index contributed by atoms with van der Waals surface area (Å²) in [6, 6.07) is 11.8. The molecule has 2 amide bonds. The van der Waals surface area contributed by atoms with E-state index in [-0.39, 0.29) is 11.8 Å². The maximum atomic E-state index is 13.1. The second-order valence-electron chi connectivity index (χ2n) is 6.35. The Kier molecular flexibility index (Phi) is 4.59. The van der Waals surface area contributed by atoms with Gasteiger partial charge in [-0.2, -0.15) is 0 Å². The zero-order valence-corrected chi connectivity index (χ0v) is 15.0. The number of benzene rings is 2. The maximum Gasteiger partial charge on any atom is 0.324 e. The average Bonchev–Trinajstić information content (AvgIpc) is 2.67. The number of amides is 2. The molecule has 0 aliphatic carbocycles. The first-order valence-electron chi connectivity index (χ1n) is 8.61. The van der Waals surface area contributed by atoms with Gasteiger partial charge < -0.3 is 14.5 Å². The SMILES string of the molecule is O=C(N1CCN(c2ccc(F)cc2)CC1)N1CCOc2cc(Cl)ccc21. The maximum absolute atomic E-state index is 13.1. The first kappa shape index (κ1) is 17.0. The molecule has 0 unspecified atom stereocenters. The van der Waals surface area contributed by atoms with E-state index < -0.39 is 0 Å². The molecule has 2 aromatic rings. The molecule has 0 aromatic heterocycles. The van der Waals surface area contributed by atoms with Crippen LogP contribution in [0.2, 0.25) is 5.02 Å². The second kappa shape index (κ2) is 7.03. The van der Waals surface area contributed by atoms with Crippen LogP contribution in [-0.2, 0) is 0 Å². The van der Waals surface area contributed by atoms with Gasteiger partial charge in [0.25, 0.3) is 0 Å². The predicted octanol–water partition coefficient (Wildman–Crippen LogP) is 3.62. The number of carbonyl (C=O) groups is 1. The van der Waals surface area contributed by atoms with Crippen LogP contribution in [0.5, 0.6) is 5.75 Å². The molecule has 4 rings (SSSR count). The minimum absolute atomic E-state index is 0.0179. The molecule has 0 saturated carbocycles. The highest BCUT2D eigenvalue weighted by Crippen LogP contribution is 2.34. The van der Waals surface area contributed by atoms with Crippen molar-refractivity contribution in [1.82, 2.24) is 4.90 Å². The van der Waals surface area contributed by atoms with Gasteiger partial charge in [0.1, 0.15) is 18.2 Å². The number of halogens is 2. The summed E-state index contributed by atoms with van der Waals surface area (Å²) >= 11 is 6.01. The number of hydrogen-bond acceptors (Lipinski definition) is 3. The first-order chi connectivity index (χ1) is 12.6. The lowest BCUT2D eigenvalue weighted by atomic mass is 10.2. The molecule has 0 atom stereocenters. The minimum Gasteiger partial charge on any atom is -0.489 e. The Morgan fingerprint density at radius 2 is 1.73 bits per heavy atom. The van der Waals surface area contributed by atoms with Gasteiger partial charge in [0.05, 0.1) is 12.2 Å². The summed E-state index contributed by atoms with van der Waals surface area (Å²) in [6.45, 7) is 3.65. The van der Waals surface area contributed by atoms with Crippen LogP contribution in [-0.4, -0.2) is 50.3 Å². The van der Waals surface area contributed by atoms with Crippen molar-refractivity contribution in [2.45, 2.75) is 0 Å². The van der Waals surface area contributed by atoms with Crippen molar-refractivity contribution in [3.8, 4) is 5.75 Å². The standard InChI is InChI=1S/C19H19ClFN3O2/c20-14-1-6-17-18(13-14)26-12-11-24(17)19(25)23-9-7-22(8-10-23)16-4-2-15(21)3-5-16/h1-6,13H,7-12H2. The normalized spacial score (nSPS) is 16.9. The molecule has 26 heavy (non-hydrogen) atoms. The highest BCUT2D eigenvalue weighted by atomic mass is 35.5. The van der Waals surface area contributed by atoms with Crippen molar-refractivity contribution in [3.05, 3.63) is 53.3 Å². The van der Waals surface area contributed by atoms with E-state index in [0.717, 1.165) is 24.5 Å². The lowest BCUT2D eigenvalue weighted by Gasteiger charge is -2.39.